The van der Waals surface area contributed by atoms with Gasteiger partial charge in [0.1, 0.15) is 28.4 Å². The molecule has 1 amide bonds. The van der Waals surface area contributed by atoms with Crippen molar-refractivity contribution in [2.24, 2.45) is 17.3 Å². The third-order valence-corrected chi connectivity index (χ3v) is 15.5. The number of nitrogens with zero attached hydrogens (tertiary/aromatic N) is 2. The number of aryl methyl sites for hydroxylation is 1. The molecule has 63 heavy (non-hydrogen) atoms. The van der Waals surface area contributed by atoms with E-state index in [9.17, 15) is 18.0 Å². The number of amides is 1. The average Bonchev–Trinajstić information content (AvgIpc) is 3.85. The summed E-state index contributed by atoms with van der Waals surface area (Å²) in [6.07, 6.45) is 5.28. The summed E-state index contributed by atoms with van der Waals surface area (Å²) < 4.78 is 60.4. The van der Waals surface area contributed by atoms with Crippen LogP contribution in [0, 0.1) is 17.3 Å². The molecule has 2 aromatic carbocycles. The molecule has 2 aliphatic carbocycles. The molecule has 0 bridgehead atoms. The van der Waals surface area contributed by atoms with E-state index in [0.717, 1.165) is 55.4 Å². The SMILES string of the molecule is COc1ccc(S(=O)(=O)N(CC(C)C)C[C@H]2OC(C)(C)N(C(=O)OC(C)(C)C)[C@H]2Cc2ccc(OCC3CCCC3c3sc4c(c3C(=O)OC(C)(C)C)CC(C)(C)CC4)cc2)cc1. The molecule has 3 aromatic rings. The summed E-state index contributed by atoms with van der Waals surface area (Å²) in [5.74, 6) is 1.59. The van der Waals surface area contributed by atoms with Gasteiger partial charge >= 0.3 is 12.1 Å². The van der Waals surface area contributed by atoms with Crippen LogP contribution in [-0.2, 0) is 43.5 Å². The van der Waals surface area contributed by atoms with E-state index in [1.165, 1.54) is 19.6 Å². The molecule has 3 aliphatic rings. The van der Waals surface area contributed by atoms with Crippen molar-refractivity contribution in [2.75, 3.05) is 26.8 Å². The molecule has 1 saturated carbocycles. The molecule has 4 atom stereocenters. The molecule has 0 spiro atoms. The maximum atomic E-state index is 14.2. The van der Waals surface area contributed by atoms with Crippen LogP contribution in [0.1, 0.15) is 146 Å². The molecule has 11 nitrogen and oxygen atoms in total. The zero-order valence-corrected chi connectivity index (χ0v) is 41.6. The first kappa shape index (κ1) is 48.8. The Labute approximate surface area is 381 Å². The Kier molecular flexibility index (Phi) is 14.5. The lowest BCUT2D eigenvalue weighted by molar-refractivity contribution is -0.0807. The summed E-state index contributed by atoms with van der Waals surface area (Å²) in [5.41, 5.74) is 0.641. The van der Waals surface area contributed by atoms with Gasteiger partial charge in [0.05, 0.1) is 36.3 Å². The summed E-state index contributed by atoms with van der Waals surface area (Å²) in [6, 6.07) is 13.8. The van der Waals surface area contributed by atoms with Crippen molar-refractivity contribution in [2.45, 2.75) is 168 Å². The van der Waals surface area contributed by atoms with Gasteiger partial charge in [0.25, 0.3) is 0 Å². The second kappa shape index (κ2) is 18.7. The van der Waals surface area contributed by atoms with Crippen LogP contribution in [0.15, 0.2) is 53.4 Å². The summed E-state index contributed by atoms with van der Waals surface area (Å²) >= 11 is 1.82. The number of fused-ring (bicyclic) bond motifs is 1. The Bertz CT molecular complexity index is 2180. The first-order chi connectivity index (χ1) is 29.3. The van der Waals surface area contributed by atoms with Crippen LogP contribution in [0.5, 0.6) is 11.5 Å². The van der Waals surface area contributed by atoms with Gasteiger partial charge in [-0.15, -0.1) is 11.3 Å². The quantitative estimate of drug-likeness (QED) is 0.146. The second-order valence-electron chi connectivity index (χ2n) is 21.5. The van der Waals surface area contributed by atoms with E-state index in [1.807, 2.05) is 105 Å². The fraction of sp³-hybridized carbons (Fsp3) is 0.640. The molecule has 13 heteroatoms. The van der Waals surface area contributed by atoms with Crippen LogP contribution in [0.25, 0.3) is 0 Å². The number of sulfonamides is 1. The van der Waals surface area contributed by atoms with Gasteiger partial charge < -0.3 is 23.7 Å². The first-order valence-corrected chi connectivity index (χ1v) is 25.0. The zero-order chi connectivity index (χ0) is 46.3. The predicted octanol–water partition coefficient (Wildman–Crippen LogP) is 10.8. The van der Waals surface area contributed by atoms with Gasteiger partial charge in [0, 0.05) is 34.7 Å². The maximum absolute atomic E-state index is 14.2. The van der Waals surface area contributed by atoms with E-state index in [0.29, 0.717) is 18.8 Å². The molecule has 1 aliphatic heterocycles. The Morgan fingerprint density at radius 3 is 2.16 bits per heavy atom. The summed E-state index contributed by atoms with van der Waals surface area (Å²) in [5, 5.41) is 0. The Morgan fingerprint density at radius 2 is 1.56 bits per heavy atom. The van der Waals surface area contributed by atoms with Gasteiger partial charge in [-0.05, 0) is 153 Å². The second-order valence-corrected chi connectivity index (χ2v) is 24.5. The maximum Gasteiger partial charge on any atom is 0.412 e. The van der Waals surface area contributed by atoms with Crippen molar-refractivity contribution < 1.29 is 41.7 Å². The first-order valence-electron chi connectivity index (χ1n) is 22.7. The van der Waals surface area contributed by atoms with E-state index >= 15 is 0 Å². The molecule has 0 radical (unpaired) electrons. The molecule has 1 saturated heterocycles. The molecule has 6 rings (SSSR count). The highest BCUT2D eigenvalue weighted by molar-refractivity contribution is 7.89. The molecular weight excluding hydrogens is 837 g/mol. The number of carbonyl (C=O) groups is 2. The van der Waals surface area contributed by atoms with Crippen molar-refractivity contribution in [1.29, 1.82) is 0 Å². The molecule has 348 valence electrons. The monoisotopic (exact) mass is 908 g/mol. The van der Waals surface area contributed by atoms with Crippen LogP contribution < -0.4 is 9.47 Å². The van der Waals surface area contributed by atoms with Crippen molar-refractivity contribution in [3.63, 3.8) is 0 Å². The fourth-order valence-corrected chi connectivity index (χ4v) is 12.6. The third-order valence-electron chi connectivity index (χ3n) is 12.3. The topological polar surface area (TPSA) is 121 Å². The van der Waals surface area contributed by atoms with E-state index in [2.05, 4.69) is 13.8 Å². The number of methoxy groups -OCH3 is 1. The fourth-order valence-electron chi connectivity index (χ4n) is 9.40. The number of hydrogen-bond donors (Lipinski definition) is 0. The van der Waals surface area contributed by atoms with Gasteiger partial charge in [-0.2, -0.15) is 4.31 Å². The highest BCUT2D eigenvalue weighted by Crippen LogP contribution is 2.50. The van der Waals surface area contributed by atoms with Gasteiger partial charge in [0.2, 0.25) is 10.0 Å². The van der Waals surface area contributed by atoms with Gasteiger partial charge in [-0.1, -0.05) is 46.2 Å². The Balaban J connectivity index is 1.22. The van der Waals surface area contributed by atoms with Crippen LogP contribution in [0.3, 0.4) is 0 Å². The molecule has 2 unspecified atom stereocenters. The standard InChI is InChI=1S/C50H72N2O9S2/c1-32(2)29-51(63(55,56)37-23-21-35(57-13)22-24-37)30-41-40(52(50(11,12)59-41)46(54)61-48(6,7)8)27-33-17-19-36(20-18-33)58-31-34-15-14-16-38(34)44-43(45(53)60-47(3,4)5)39-28-49(9,10)26-25-42(39)62-44/h17-24,32,34,38,40-41H,14-16,25-31H2,1-13H3/t34?,38?,40-,41+/m0/s1. The Morgan fingerprint density at radius 1 is 0.921 bits per heavy atom. The minimum absolute atomic E-state index is 0.0231. The average molecular weight is 909 g/mol. The molecular formula is C50H72N2O9S2. The number of benzene rings is 2. The number of ether oxygens (including phenoxy) is 5. The minimum Gasteiger partial charge on any atom is -0.497 e. The number of hydrogen-bond acceptors (Lipinski definition) is 10. The lowest BCUT2D eigenvalue weighted by Gasteiger charge is -2.35. The zero-order valence-electron chi connectivity index (χ0n) is 40.0. The molecule has 1 aromatic heterocycles. The molecule has 0 N–H and O–H groups in total. The number of rotatable bonds is 14. The van der Waals surface area contributed by atoms with Crippen LogP contribution in [-0.4, -0.2) is 85.6 Å². The highest BCUT2D eigenvalue weighted by Gasteiger charge is 2.52. The number of esters is 1. The van der Waals surface area contributed by atoms with Crippen LogP contribution in [0.4, 0.5) is 4.79 Å². The normalized spacial score (nSPS) is 22.3. The summed E-state index contributed by atoms with van der Waals surface area (Å²) in [6.45, 7) is 24.3. The van der Waals surface area contributed by atoms with E-state index < -0.39 is 45.2 Å². The van der Waals surface area contributed by atoms with Gasteiger partial charge in [-0.3, -0.25) is 4.90 Å². The number of thiophene rings is 1. The largest absolute Gasteiger partial charge is 0.497 e. The van der Waals surface area contributed by atoms with Gasteiger partial charge in [0.15, 0.2) is 0 Å². The summed E-state index contributed by atoms with van der Waals surface area (Å²) in [4.78, 5) is 32.2. The van der Waals surface area contributed by atoms with Gasteiger partial charge in [-0.25, -0.2) is 18.0 Å². The van der Waals surface area contributed by atoms with Crippen molar-refractivity contribution in [3.8, 4) is 11.5 Å². The van der Waals surface area contributed by atoms with E-state index in [-0.39, 0.29) is 47.1 Å². The number of carbonyl (C=O) groups excluding carboxylic acids is 2. The highest BCUT2D eigenvalue weighted by atomic mass is 32.2. The minimum atomic E-state index is -3.95. The van der Waals surface area contributed by atoms with Crippen LogP contribution in [0.2, 0.25) is 0 Å². The van der Waals surface area contributed by atoms with Crippen molar-refractivity contribution >= 4 is 33.4 Å². The van der Waals surface area contributed by atoms with E-state index in [1.54, 1.807) is 36.3 Å². The lowest BCUT2D eigenvalue weighted by Crippen LogP contribution is -2.52. The van der Waals surface area contributed by atoms with Crippen molar-refractivity contribution in [1.82, 2.24) is 9.21 Å². The molecule has 2 fully saturated rings. The predicted molar refractivity (Wildman–Crippen MR) is 248 cm³/mol. The smallest absolute Gasteiger partial charge is 0.412 e. The molecule has 2 heterocycles. The lowest BCUT2D eigenvalue weighted by atomic mass is 9.75. The van der Waals surface area contributed by atoms with Crippen molar-refractivity contribution in [3.05, 3.63) is 75.0 Å². The van der Waals surface area contributed by atoms with E-state index in [4.69, 9.17) is 23.7 Å². The van der Waals surface area contributed by atoms with Crippen LogP contribution >= 0.6 is 11.3 Å². The summed E-state index contributed by atoms with van der Waals surface area (Å²) in [7, 11) is -2.40. The third kappa shape index (κ3) is 11.8. The Hall–Kier alpha value is -3.65.